The zero-order chi connectivity index (χ0) is 18.9. The molecule has 6 nitrogen and oxygen atoms in total. The van der Waals surface area contributed by atoms with Gasteiger partial charge in [0.15, 0.2) is 0 Å². The summed E-state index contributed by atoms with van der Waals surface area (Å²) in [5.41, 5.74) is 7.85. The van der Waals surface area contributed by atoms with E-state index in [9.17, 15) is 0 Å². The molecule has 2 fully saturated rings. The monoisotopic (exact) mass is 371 g/mol. The van der Waals surface area contributed by atoms with Crippen molar-refractivity contribution in [2.75, 3.05) is 52.9 Å². The molecule has 3 N–H and O–H groups in total. The Morgan fingerprint density at radius 1 is 1.19 bits per heavy atom. The first-order valence-electron chi connectivity index (χ1n) is 10.1. The van der Waals surface area contributed by atoms with Crippen LogP contribution in [0.5, 0.6) is 0 Å². The second-order valence-corrected chi connectivity index (χ2v) is 8.68. The summed E-state index contributed by atoms with van der Waals surface area (Å²) in [6.07, 6.45) is 0. The molecule has 4 rings (SSSR count). The lowest BCUT2D eigenvalue weighted by molar-refractivity contribution is 0.0613. The van der Waals surface area contributed by atoms with Crippen molar-refractivity contribution in [3.63, 3.8) is 0 Å². The van der Waals surface area contributed by atoms with Crippen molar-refractivity contribution in [2.24, 2.45) is 5.92 Å². The molecule has 2 aromatic rings. The van der Waals surface area contributed by atoms with Gasteiger partial charge < -0.3 is 14.6 Å². The van der Waals surface area contributed by atoms with Gasteiger partial charge in [-0.3, -0.25) is 10.3 Å². The number of hydrogen-bond donors (Lipinski definition) is 3. The second-order valence-electron chi connectivity index (χ2n) is 8.68. The van der Waals surface area contributed by atoms with Gasteiger partial charge in [0.1, 0.15) is 11.3 Å². The quantitative estimate of drug-likeness (QED) is 0.720. The summed E-state index contributed by atoms with van der Waals surface area (Å²) in [5.74, 6) is 1.49. The predicted molar refractivity (Wildman–Crippen MR) is 110 cm³/mol. The highest BCUT2D eigenvalue weighted by Crippen LogP contribution is 2.30. The highest BCUT2D eigenvalue weighted by Gasteiger charge is 2.32. The van der Waals surface area contributed by atoms with Crippen LogP contribution in [-0.2, 0) is 0 Å². The van der Waals surface area contributed by atoms with Gasteiger partial charge in [-0.05, 0) is 33.0 Å². The fourth-order valence-electron chi connectivity index (χ4n) is 4.27. The average molecular weight is 372 g/mol. The number of fused-ring (bicyclic) bond motifs is 1. The lowest BCUT2D eigenvalue weighted by atomic mass is 9.98. The predicted octanol–water partition coefficient (Wildman–Crippen LogP) is 1.81. The molecule has 2 saturated heterocycles. The van der Waals surface area contributed by atoms with Crippen molar-refractivity contribution in [1.29, 1.82) is 0 Å². The lowest BCUT2D eigenvalue weighted by Gasteiger charge is -2.43. The van der Waals surface area contributed by atoms with Crippen molar-refractivity contribution in [2.45, 2.75) is 25.4 Å². The number of hydrogen-bond acceptors (Lipinski definition) is 6. The number of rotatable bonds is 6. The van der Waals surface area contributed by atoms with E-state index >= 15 is 0 Å². The fraction of sp³-hybridized carbons (Fsp3) is 0.619. The molecule has 6 heteroatoms. The molecular weight excluding hydrogens is 338 g/mol. The third-order valence-corrected chi connectivity index (χ3v) is 6.17. The zero-order valence-electron chi connectivity index (χ0n) is 16.8. The minimum Gasteiger partial charge on any atom is -0.459 e. The van der Waals surface area contributed by atoms with Crippen LogP contribution in [0, 0.1) is 5.92 Å². The van der Waals surface area contributed by atoms with E-state index in [2.05, 4.69) is 65.1 Å². The van der Waals surface area contributed by atoms with E-state index in [0.29, 0.717) is 5.92 Å². The molecule has 0 spiro atoms. The Morgan fingerprint density at radius 2 is 1.96 bits per heavy atom. The topological polar surface area (TPSA) is 55.7 Å². The first kappa shape index (κ1) is 18.9. The molecule has 1 aromatic heterocycles. The van der Waals surface area contributed by atoms with Gasteiger partial charge in [-0.25, -0.2) is 5.43 Å². The maximum atomic E-state index is 6.09. The van der Waals surface area contributed by atoms with E-state index in [-0.39, 0.29) is 11.6 Å². The molecule has 0 amide bonds. The van der Waals surface area contributed by atoms with Gasteiger partial charge in [-0.2, -0.15) is 0 Å². The number of piperazine rings is 1. The van der Waals surface area contributed by atoms with E-state index in [4.69, 9.17) is 4.42 Å². The van der Waals surface area contributed by atoms with E-state index in [1.807, 2.05) is 12.1 Å². The van der Waals surface area contributed by atoms with Crippen LogP contribution in [0.1, 0.15) is 25.6 Å². The molecule has 2 aliphatic rings. The van der Waals surface area contributed by atoms with Crippen LogP contribution >= 0.6 is 0 Å². The molecule has 0 bridgehead atoms. The Kier molecular flexibility index (Phi) is 5.53. The minimum absolute atomic E-state index is 0.176. The molecule has 0 radical (unpaired) electrons. The van der Waals surface area contributed by atoms with Crippen molar-refractivity contribution in [1.82, 2.24) is 26.0 Å². The van der Waals surface area contributed by atoms with Crippen LogP contribution < -0.4 is 16.2 Å². The maximum Gasteiger partial charge on any atom is 0.134 e. The summed E-state index contributed by atoms with van der Waals surface area (Å²) in [6, 6.07) is 10.6. The Balaban J connectivity index is 1.33. The van der Waals surface area contributed by atoms with E-state index in [0.717, 1.165) is 57.2 Å². The van der Waals surface area contributed by atoms with Crippen LogP contribution in [0.25, 0.3) is 11.0 Å². The van der Waals surface area contributed by atoms with Gasteiger partial charge in [0.2, 0.25) is 0 Å². The third-order valence-electron chi connectivity index (χ3n) is 6.17. The van der Waals surface area contributed by atoms with Crippen LogP contribution in [0.15, 0.2) is 34.7 Å². The van der Waals surface area contributed by atoms with Gasteiger partial charge in [0.25, 0.3) is 0 Å². The molecule has 0 aliphatic carbocycles. The van der Waals surface area contributed by atoms with Crippen LogP contribution in [0.3, 0.4) is 0 Å². The fourth-order valence-corrected chi connectivity index (χ4v) is 4.27. The van der Waals surface area contributed by atoms with Crippen molar-refractivity contribution < 1.29 is 4.42 Å². The highest BCUT2D eigenvalue weighted by atomic mass is 16.3. The third kappa shape index (κ3) is 4.20. The number of likely N-dealkylation sites (N-methyl/N-ethyl adjacent to an activating group) is 1. The van der Waals surface area contributed by atoms with Crippen molar-refractivity contribution in [3.8, 4) is 0 Å². The largest absolute Gasteiger partial charge is 0.459 e. The standard InChI is InChI=1S/C21H33N5O/c1-21(2,26-10-8-25(3)9-11-26)15-22-13-17-14-23-24-20(17)19-12-16-6-4-5-7-18(16)27-19/h4-7,12,17,20,22-24H,8-11,13-15H2,1-3H3. The average Bonchev–Trinajstić information content (AvgIpc) is 3.28. The number of furan rings is 1. The van der Waals surface area contributed by atoms with Gasteiger partial charge in [-0.1, -0.05) is 18.2 Å². The molecule has 2 aliphatic heterocycles. The van der Waals surface area contributed by atoms with Crippen molar-refractivity contribution in [3.05, 3.63) is 36.1 Å². The molecular formula is C21H33N5O. The first-order valence-corrected chi connectivity index (χ1v) is 10.1. The smallest absolute Gasteiger partial charge is 0.134 e. The number of para-hydroxylation sites is 1. The second kappa shape index (κ2) is 7.89. The van der Waals surface area contributed by atoms with Crippen LogP contribution in [0.2, 0.25) is 0 Å². The van der Waals surface area contributed by atoms with E-state index < -0.39 is 0 Å². The van der Waals surface area contributed by atoms with Gasteiger partial charge in [0.05, 0.1) is 6.04 Å². The molecule has 27 heavy (non-hydrogen) atoms. The lowest BCUT2D eigenvalue weighted by Crippen LogP contribution is -2.57. The van der Waals surface area contributed by atoms with Gasteiger partial charge >= 0.3 is 0 Å². The Labute approximate surface area is 162 Å². The SMILES string of the molecule is CN1CCN(C(C)(C)CNCC2CNNC2c2cc3ccccc3o2)CC1. The molecule has 1 aromatic carbocycles. The maximum absolute atomic E-state index is 6.09. The molecule has 148 valence electrons. The van der Waals surface area contributed by atoms with Gasteiger partial charge in [-0.15, -0.1) is 0 Å². The summed E-state index contributed by atoms with van der Waals surface area (Å²) < 4.78 is 6.09. The minimum atomic E-state index is 0.176. The van der Waals surface area contributed by atoms with Crippen molar-refractivity contribution >= 4 is 11.0 Å². The Morgan fingerprint density at radius 3 is 2.74 bits per heavy atom. The summed E-state index contributed by atoms with van der Waals surface area (Å²) in [4.78, 5) is 5.02. The van der Waals surface area contributed by atoms with Crippen LogP contribution in [-0.4, -0.2) is 68.2 Å². The Hall–Kier alpha value is -1.44. The molecule has 2 atom stereocenters. The first-order chi connectivity index (χ1) is 13.0. The highest BCUT2D eigenvalue weighted by molar-refractivity contribution is 5.77. The van der Waals surface area contributed by atoms with Crippen LogP contribution in [0.4, 0.5) is 0 Å². The number of nitrogens with zero attached hydrogens (tertiary/aromatic N) is 2. The van der Waals surface area contributed by atoms with E-state index in [1.54, 1.807) is 0 Å². The number of nitrogens with one attached hydrogen (secondary N) is 3. The molecule has 3 heterocycles. The van der Waals surface area contributed by atoms with Gasteiger partial charge in [0, 0.05) is 62.7 Å². The summed E-state index contributed by atoms with van der Waals surface area (Å²) in [6.45, 7) is 12.3. The molecule has 2 unspecified atom stereocenters. The number of benzene rings is 1. The summed E-state index contributed by atoms with van der Waals surface area (Å²) in [7, 11) is 2.21. The normalized spacial score (nSPS) is 25.4. The summed E-state index contributed by atoms with van der Waals surface area (Å²) >= 11 is 0. The number of hydrazine groups is 1. The van der Waals surface area contributed by atoms with E-state index in [1.165, 1.54) is 5.39 Å². The zero-order valence-corrected chi connectivity index (χ0v) is 16.8. The summed E-state index contributed by atoms with van der Waals surface area (Å²) in [5, 5.41) is 4.90. The molecule has 0 saturated carbocycles. The Bertz CT molecular complexity index is 717.